The molecule has 0 unspecified atom stereocenters. The minimum Gasteiger partial charge on any atom is -0.486 e. The highest BCUT2D eigenvalue weighted by Crippen LogP contribution is 2.26. The summed E-state index contributed by atoms with van der Waals surface area (Å²) in [6.45, 7) is 4.53. The Kier molecular flexibility index (Phi) is 6.58. The first-order valence-corrected chi connectivity index (χ1v) is 9.47. The van der Waals surface area contributed by atoms with Gasteiger partial charge in [-0.2, -0.15) is 9.97 Å². The molecule has 0 N–H and O–H groups in total. The Morgan fingerprint density at radius 2 is 1.90 bits per heavy atom. The first-order valence-electron chi connectivity index (χ1n) is 9.47. The molecule has 29 heavy (non-hydrogen) atoms. The van der Waals surface area contributed by atoms with Gasteiger partial charge < -0.3 is 14.0 Å². The molecule has 0 spiro atoms. The molecule has 2 heterocycles. The minimum atomic E-state index is -0.396. The summed E-state index contributed by atoms with van der Waals surface area (Å²) in [5, 5.41) is 3.95. The van der Waals surface area contributed by atoms with Gasteiger partial charge in [0.1, 0.15) is 5.82 Å². The summed E-state index contributed by atoms with van der Waals surface area (Å²) in [6, 6.07) is 6.16. The molecule has 3 aromatic rings. The van der Waals surface area contributed by atoms with Crippen molar-refractivity contribution in [2.45, 2.75) is 33.1 Å². The Hall–Kier alpha value is -3.23. The van der Waals surface area contributed by atoms with Gasteiger partial charge >= 0.3 is 0 Å². The molecule has 0 bridgehead atoms. The molecule has 0 saturated carbocycles. The minimum absolute atomic E-state index is 0.0429. The van der Waals surface area contributed by atoms with Crippen molar-refractivity contribution >= 4 is 0 Å². The van der Waals surface area contributed by atoms with Crippen molar-refractivity contribution in [2.75, 3.05) is 13.2 Å². The Labute approximate surface area is 167 Å². The van der Waals surface area contributed by atoms with Crippen LogP contribution in [0.1, 0.15) is 38.1 Å². The summed E-state index contributed by atoms with van der Waals surface area (Å²) >= 11 is 0. The van der Waals surface area contributed by atoms with Crippen LogP contribution in [0.25, 0.3) is 11.6 Å². The number of rotatable bonds is 9. The van der Waals surface area contributed by atoms with Crippen molar-refractivity contribution in [2.24, 2.45) is 7.05 Å². The number of hydrogen-bond donors (Lipinski definition) is 0. The zero-order valence-electron chi connectivity index (χ0n) is 16.6. The quantitative estimate of drug-likeness (QED) is 0.508. The largest absolute Gasteiger partial charge is 0.486 e. The lowest BCUT2D eigenvalue weighted by atomic mass is 10.1. The van der Waals surface area contributed by atoms with Crippen LogP contribution in [0.5, 0.6) is 11.8 Å². The average molecular weight is 402 g/mol. The molecule has 0 amide bonds. The third kappa shape index (κ3) is 4.79. The molecule has 0 fully saturated rings. The molecular weight excluding hydrogens is 379 g/mol. The molecular formula is C20H23FN4O4. The highest BCUT2D eigenvalue weighted by molar-refractivity contribution is 5.57. The molecule has 3 rings (SSSR count). The van der Waals surface area contributed by atoms with E-state index in [9.17, 15) is 9.18 Å². The molecule has 0 saturated heterocycles. The van der Waals surface area contributed by atoms with Gasteiger partial charge in [-0.05, 0) is 31.0 Å². The van der Waals surface area contributed by atoms with Gasteiger partial charge in [0.25, 0.3) is 17.5 Å². The van der Waals surface area contributed by atoms with Crippen LogP contribution in [0.3, 0.4) is 0 Å². The van der Waals surface area contributed by atoms with Gasteiger partial charge in [0.15, 0.2) is 11.5 Å². The summed E-state index contributed by atoms with van der Waals surface area (Å²) < 4.78 is 30.8. The lowest BCUT2D eigenvalue weighted by molar-refractivity contribution is 0.277. The van der Waals surface area contributed by atoms with Gasteiger partial charge in [-0.3, -0.25) is 9.36 Å². The number of benzene rings is 1. The first kappa shape index (κ1) is 20.5. The van der Waals surface area contributed by atoms with E-state index in [0.29, 0.717) is 25.5 Å². The Morgan fingerprint density at radius 1 is 1.14 bits per heavy atom. The molecule has 1 aromatic carbocycles. The molecule has 0 aliphatic carbocycles. The van der Waals surface area contributed by atoms with E-state index in [1.807, 2.05) is 6.92 Å². The predicted octanol–water partition coefficient (Wildman–Crippen LogP) is 3.14. The van der Waals surface area contributed by atoms with Crippen LogP contribution in [0.2, 0.25) is 0 Å². The lowest BCUT2D eigenvalue weighted by Crippen LogP contribution is -2.24. The van der Waals surface area contributed by atoms with Crippen molar-refractivity contribution in [3.8, 4) is 23.3 Å². The van der Waals surface area contributed by atoms with E-state index in [1.54, 1.807) is 26.1 Å². The van der Waals surface area contributed by atoms with Gasteiger partial charge in [0, 0.05) is 13.5 Å². The number of aromatic nitrogens is 4. The summed E-state index contributed by atoms with van der Waals surface area (Å²) in [4.78, 5) is 21.5. The monoisotopic (exact) mass is 402 g/mol. The molecule has 8 nitrogen and oxygen atoms in total. The molecule has 0 radical (unpaired) electrons. The normalized spacial score (nSPS) is 10.9. The first-order chi connectivity index (χ1) is 14.0. The van der Waals surface area contributed by atoms with Crippen LogP contribution < -0.4 is 15.0 Å². The van der Waals surface area contributed by atoms with Crippen molar-refractivity contribution in [1.82, 2.24) is 19.7 Å². The standard InChI is InChI=1S/C20H23FN4O4/c1-4-6-11-28-17-16(23-20(27-5-2)25(3)19(17)26)18-22-15(24-29-18)12-13-7-9-14(21)10-8-13/h7-10H,4-6,11-12H2,1-3H3. The molecule has 2 aromatic heterocycles. The van der Waals surface area contributed by atoms with Crippen LogP contribution in [-0.4, -0.2) is 32.9 Å². The van der Waals surface area contributed by atoms with E-state index in [1.165, 1.54) is 16.7 Å². The molecule has 0 aliphatic heterocycles. The number of nitrogens with zero attached hydrogens (tertiary/aromatic N) is 4. The van der Waals surface area contributed by atoms with Crippen LogP contribution >= 0.6 is 0 Å². The third-order valence-corrected chi connectivity index (χ3v) is 4.17. The van der Waals surface area contributed by atoms with Gasteiger partial charge in [-0.15, -0.1) is 0 Å². The van der Waals surface area contributed by atoms with Crippen molar-refractivity contribution in [3.63, 3.8) is 0 Å². The lowest BCUT2D eigenvalue weighted by Gasteiger charge is -2.12. The highest BCUT2D eigenvalue weighted by atomic mass is 19.1. The summed E-state index contributed by atoms with van der Waals surface area (Å²) in [5.74, 6) is 0.171. The van der Waals surface area contributed by atoms with Crippen molar-refractivity contribution in [1.29, 1.82) is 0 Å². The molecule has 9 heteroatoms. The number of unbranched alkanes of at least 4 members (excludes halogenated alkanes) is 1. The van der Waals surface area contributed by atoms with E-state index < -0.39 is 5.56 Å². The Balaban J connectivity index is 1.96. The predicted molar refractivity (Wildman–Crippen MR) is 104 cm³/mol. The maximum atomic E-state index is 13.1. The van der Waals surface area contributed by atoms with Crippen LogP contribution in [0.4, 0.5) is 4.39 Å². The van der Waals surface area contributed by atoms with Crippen LogP contribution in [0.15, 0.2) is 33.6 Å². The van der Waals surface area contributed by atoms with E-state index >= 15 is 0 Å². The second-order valence-corrected chi connectivity index (χ2v) is 6.39. The number of ether oxygens (including phenoxy) is 2. The zero-order valence-corrected chi connectivity index (χ0v) is 16.6. The van der Waals surface area contributed by atoms with E-state index in [-0.39, 0.29) is 29.2 Å². The SMILES string of the molecule is CCCCOc1c(-c2nc(Cc3ccc(F)cc3)no2)nc(OCC)n(C)c1=O. The second kappa shape index (κ2) is 9.31. The Morgan fingerprint density at radius 3 is 2.59 bits per heavy atom. The number of halogens is 1. The molecule has 0 atom stereocenters. The molecule has 0 aliphatic rings. The topological polar surface area (TPSA) is 92.3 Å². The number of hydrogen-bond acceptors (Lipinski definition) is 7. The smallest absolute Gasteiger partial charge is 0.299 e. The maximum absolute atomic E-state index is 13.1. The van der Waals surface area contributed by atoms with Gasteiger partial charge in [-0.1, -0.05) is 30.6 Å². The maximum Gasteiger partial charge on any atom is 0.299 e. The summed E-state index contributed by atoms with van der Waals surface area (Å²) in [5.41, 5.74) is 0.573. The second-order valence-electron chi connectivity index (χ2n) is 6.39. The van der Waals surface area contributed by atoms with Crippen LogP contribution in [-0.2, 0) is 13.5 Å². The van der Waals surface area contributed by atoms with Gasteiger partial charge in [-0.25, -0.2) is 4.39 Å². The summed E-state index contributed by atoms with van der Waals surface area (Å²) in [6.07, 6.45) is 2.05. The third-order valence-electron chi connectivity index (χ3n) is 4.17. The van der Waals surface area contributed by atoms with Crippen molar-refractivity contribution < 1.29 is 18.4 Å². The fourth-order valence-electron chi connectivity index (χ4n) is 2.62. The Bertz CT molecular complexity index is 1010. The summed E-state index contributed by atoms with van der Waals surface area (Å²) in [7, 11) is 1.56. The van der Waals surface area contributed by atoms with E-state index in [0.717, 1.165) is 18.4 Å². The van der Waals surface area contributed by atoms with E-state index in [4.69, 9.17) is 14.0 Å². The van der Waals surface area contributed by atoms with E-state index in [2.05, 4.69) is 15.1 Å². The molecule has 154 valence electrons. The zero-order chi connectivity index (χ0) is 20.8. The fraction of sp³-hybridized carbons (Fsp3) is 0.400. The van der Waals surface area contributed by atoms with Gasteiger partial charge in [0.05, 0.1) is 13.2 Å². The fourth-order valence-corrected chi connectivity index (χ4v) is 2.62. The highest BCUT2D eigenvalue weighted by Gasteiger charge is 2.23. The van der Waals surface area contributed by atoms with Crippen molar-refractivity contribution in [3.05, 3.63) is 51.8 Å². The van der Waals surface area contributed by atoms with Crippen LogP contribution in [0, 0.1) is 5.82 Å². The van der Waals surface area contributed by atoms with Gasteiger partial charge in [0.2, 0.25) is 5.75 Å². The average Bonchev–Trinajstić information content (AvgIpc) is 3.17.